The Morgan fingerprint density at radius 1 is 1.15 bits per heavy atom. The van der Waals surface area contributed by atoms with Crippen LogP contribution in [-0.2, 0) is 4.79 Å². The molecule has 2 N–H and O–H groups in total. The molecule has 4 fully saturated rings. The van der Waals surface area contributed by atoms with Gasteiger partial charge in [0.1, 0.15) is 5.75 Å². The zero-order chi connectivity index (χ0) is 19.0. The van der Waals surface area contributed by atoms with Gasteiger partial charge in [-0.15, -0.1) is 0 Å². The third-order valence-corrected chi connectivity index (χ3v) is 7.22. The number of hydrogen-bond donors (Lipinski definition) is 2. The minimum absolute atomic E-state index is 0.0311. The summed E-state index contributed by atoms with van der Waals surface area (Å²) in [5, 5.41) is 6.62. The molecule has 5 heteroatoms. The third-order valence-electron chi connectivity index (χ3n) is 7.00. The van der Waals surface area contributed by atoms with E-state index in [9.17, 15) is 4.79 Å². The molecule has 4 saturated carbocycles. The minimum atomic E-state index is -0.217. The molecule has 0 spiro atoms. The van der Waals surface area contributed by atoms with Crippen molar-refractivity contribution in [2.24, 2.45) is 23.2 Å². The Morgan fingerprint density at radius 3 is 2.26 bits per heavy atom. The molecule has 5 rings (SSSR count). The first-order chi connectivity index (χ1) is 12.9. The van der Waals surface area contributed by atoms with Gasteiger partial charge in [-0.25, -0.2) is 0 Å². The van der Waals surface area contributed by atoms with Crippen LogP contribution in [0.2, 0.25) is 0 Å². The fourth-order valence-corrected chi connectivity index (χ4v) is 6.33. The predicted molar refractivity (Wildman–Crippen MR) is 111 cm³/mol. The van der Waals surface area contributed by atoms with E-state index < -0.39 is 0 Å². The van der Waals surface area contributed by atoms with Gasteiger partial charge in [-0.3, -0.25) is 4.79 Å². The van der Waals surface area contributed by atoms with Crippen molar-refractivity contribution in [3.8, 4) is 5.75 Å². The highest BCUT2D eigenvalue weighted by atomic mass is 32.1. The molecule has 27 heavy (non-hydrogen) atoms. The van der Waals surface area contributed by atoms with Crippen molar-refractivity contribution in [3.63, 3.8) is 0 Å². The van der Waals surface area contributed by atoms with Crippen LogP contribution in [0, 0.1) is 30.1 Å². The quantitative estimate of drug-likeness (QED) is 0.752. The highest BCUT2D eigenvalue weighted by molar-refractivity contribution is 7.80. The van der Waals surface area contributed by atoms with Gasteiger partial charge in [0.25, 0.3) is 5.91 Å². The van der Waals surface area contributed by atoms with Crippen LogP contribution in [-0.4, -0.2) is 23.7 Å². The first-order valence-corrected chi connectivity index (χ1v) is 10.6. The molecule has 4 aliphatic rings. The number of carbonyl (C=O) groups is 1. The number of rotatable bonds is 5. The van der Waals surface area contributed by atoms with E-state index in [0.29, 0.717) is 22.3 Å². The van der Waals surface area contributed by atoms with Crippen LogP contribution in [0.1, 0.15) is 51.0 Å². The molecular formula is C22H30N2O2S. The second kappa shape index (κ2) is 7.42. The van der Waals surface area contributed by atoms with Crippen molar-refractivity contribution in [3.05, 3.63) is 29.8 Å². The Bertz CT molecular complexity index is 680. The second-order valence-electron chi connectivity index (χ2n) is 9.12. The highest BCUT2D eigenvalue weighted by Gasteiger charge is 2.53. The Labute approximate surface area is 167 Å². The van der Waals surface area contributed by atoms with E-state index in [1.54, 1.807) is 0 Å². The number of nitrogens with one attached hydrogen (secondary N) is 2. The van der Waals surface area contributed by atoms with Crippen LogP contribution >= 0.6 is 12.2 Å². The largest absolute Gasteiger partial charge is 0.484 e. The summed E-state index contributed by atoms with van der Waals surface area (Å²) in [5.74, 6) is 3.20. The van der Waals surface area contributed by atoms with Gasteiger partial charge in [0.05, 0.1) is 0 Å². The highest BCUT2D eigenvalue weighted by Crippen LogP contribution is 2.61. The lowest BCUT2D eigenvalue weighted by molar-refractivity contribution is -0.121. The standard InChI is InChI=1S/C22H30N2O2S/c1-14-3-5-19(6-4-14)26-13-20(25)24-21(27)23-15(2)22-10-16-7-17(11-22)9-18(8-16)12-22/h3-6,15-18H,7-13H2,1-2H3,(H2,23,24,25,27). The number of thiocarbonyl (C=S) groups is 1. The molecule has 1 aromatic rings. The Balaban J connectivity index is 1.26. The lowest BCUT2D eigenvalue weighted by atomic mass is 9.48. The van der Waals surface area contributed by atoms with Crippen LogP contribution in [0.3, 0.4) is 0 Å². The van der Waals surface area contributed by atoms with Gasteiger partial charge >= 0.3 is 0 Å². The van der Waals surface area contributed by atoms with Crippen molar-refractivity contribution in [1.82, 2.24) is 10.6 Å². The van der Waals surface area contributed by atoms with Gasteiger partial charge in [0.2, 0.25) is 0 Å². The van der Waals surface area contributed by atoms with Gasteiger partial charge in [0, 0.05) is 6.04 Å². The van der Waals surface area contributed by atoms with Crippen LogP contribution in [0.5, 0.6) is 5.75 Å². The van der Waals surface area contributed by atoms with E-state index in [2.05, 4.69) is 17.6 Å². The molecule has 1 atom stereocenters. The molecule has 146 valence electrons. The molecular weight excluding hydrogens is 356 g/mol. The first kappa shape index (κ1) is 18.7. The maximum absolute atomic E-state index is 12.2. The summed E-state index contributed by atoms with van der Waals surface area (Å²) in [6.07, 6.45) is 8.26. The fourth-order valence-electron chi connectivity index (χ4n) is 6.04. The molecule has 0 aromatic heterocycles. The van der Waals surface area contributed by atoms with Crippen molar-refractivity contribution >= 4 is 23.2 Å². The van der Waals surface area contributed by atoms with Gasteiger partial charge < -0.3 is 15.4 Å². The molecule has 0 radical (unpaired) electrons. The molecule has 4 nitrogen and oxygen atoms in total. The summed E-state index contributed by atoms with van der Waals surface area (Å²) >= 11 is 5.41. The number of amides is 1. The lowest BCUT2D eigenvalue weighted by Crippen LogP contribution is -2.57. The summed E-state index contributed by atoms with van der Waals surface area (Å²) in [6, 6.07) is 7.97. The molecule has 1 aromatic carbocycles. The van der Waals surface area contributed by atoms with Gasteiger partial charge in [-0.2, -0.15) is 0 Å². The van der Waals surface area contributed by atoms with E-state index in [0.717, 1.165) is 23.3 Å². The summed E-state index contributed by atoms with van der Waals surface area (Å²) in [5.41, 5.74) is 1.53. The Kier molecular flexibility index (Phi) is 5.15. The SMILES string of the molecule is Cc1ccc(OCC(=O)NC(=S)NC(C)C23CC4CC(CC(C4)C2)C3)cc1. The topological polar surface area (TPSA) is 50.4 Å². The zero-order valence-electron chi connectivity index (χ0n) is 16.3. The molecule has 4 bridgehead atoms. The second-order valence-corrected chi connectivity index (χ2v) is 9.53. The Hall–Kier alpha value is -1.62. The number of hydrogen-bond acceptors (Lipinski definition) is 3. The van der Waals surface area contributed by atoms with Crippen molar-refractivity contribution < 1.29 is 9.53 Å². The number of aryl methyl sites for hydroxylation is 1. The van der Waals surface area contributed by atoms with E-state index in [1.165, 1.54) is 38.5 Å². The molecule has 1 unspecified atom stereocenters. The lowest BCUT2D eigenvalue weighted by Gasteiger charge is -2.59. The minimum Gasteiger partial charge on any atom is -0.484 e. The zero-order valence-corrected chi connectivity index (χ0v) is 17.1. The molecule has 0 heterocycles. The summed E-state index contributed by atoms with van der Waals surface area (Å²) in [6.45, 7) is 4.23. The summed E-state index contributed by atoms with van der Waals surface area (Å²) in [7, 11) is 0. The predicted octanol–water partition coefficient (Wildman–Crippen LogP) is 3.97. The molecule has 0 aliphatic heterocycles. The number of ether oxygens (including phenoxy) is 1. The summed E-state index contributed by atoms with van der Waals surface area (Å²) in [4.78, 5) is 12.2. The van der Waals surface area contributed by atoms with Gasteiger partial charge in [-0.05, 0) is 99.9 Å². The molecule has 1 amide bonds. The summed E-state index contributed by atoms with van der Waals surface area (Å²) < 4.78 is 5.53. The average Bonchev–Trinajstić information content (AvgIpc) is 2.60. The van der Waals surface area contributed by atoms with Crippen LogP contribution in [0.15, 0.2) is 24.3 Å². The van der Waals surface area contributed by atoms with E-state index in [4.69, 9.17) is 17.0 Å². The number of carbonyl (C=O) groups excluding carboxylic acids is 1. The maximum atomic E-state index is 12.2. The van der Waals surface area contributed by atoms with E-state index >= 15 is 0 Å². The Morgan fingerprint density at radius 2 is 1.70 bits per heavy atom. The van der Waals surface area contributed by atoms with E-state index in [1.807, 2.05) is 31.2 Å². The van der Waals surface area contributed by atoms with Crippen LogP contribution in [0.25, 0.3) is 0 Å². The van der Waals surface area contributed by atoms with E-state index in [-0.39, 0.29) is 12.5 Å². The first-order valence-electron chi connectivity index (χ1n) is 10.2. The van der Waals surface area contributed by atoms with Crippen LogP contribution < -0.4 is 15.4 Å². The average molecular weight is 387 g/mol. The number of benzene rings is 1. The van der Waals surface area contributed by atoms with Crippen LogP contribution in [0.4, 0.5) is 0 Å². The van der Waals surface area contributed by atoms with Gasteiger partial charge in [-0.1, -0.05) is 17.7 Å². The van der Waals surface area contributed by atoms with Gasteiger partial charge in [0.15, 0.2) is 11.7 Å². The van der Waals surface area contributed by atoms with Crippen molar-refractivity contribution in [2.75, 3.05) is 6.61 Å². The van der Waals surface area contributed by atoms with Crippen molar-refractivity contribution in [2.45, 2.75) is 58.4 Å². The smallest absolute Gasteiger partial charge is 0.264 e. The third kappa shape index (κ3) is 4.13. The molecule has 0 saturated heterocycles. The van der Waals surface area contributed by atoms with Crippen molar-refractivity contribution in [1.29, 1.82) is 0 Å². The normalized spacial score (nSPS) is 32.0. The fraction of sp³-hybridized carbons (Fsp3) is 0.636. The molecule has 4 aliphatic carbocycles. The monoisotopic (exact) mass is 386 g/mol. The maximum Gasteiger partial charge on any atom is 0.264 e.